The summed E-state index contributed by atoms with van der Waals surface area (Å²) in [5.41, 5.74) is 5.53. The maximum Gasteiger partial charge on any atom is 0.455 e. The molecule has 0 fully saturated rings. The van der Waals surface area contributed by atoms with Crippen molar-refractivity contribution in [2.24, 2.45) is 5.50 Å². The second-order valence-corrected chi connectivity index (χ2v) is 6.94. The van der Waals surface area contributed by atoms with Crippen molar-refractivity contribution >= 4 is 51.3 Å². The number of nitrogens with two attached hydrogens (primary N) is 1. The Balaban J connectivity index is 2.90. The second kappa shape index (κ2) is 6.37. The van der Waals surface area contributed by atoms with Crippen molar-refractivity contribution in [2.45, 2.75) is 13.0 Å². The van der Waals surface area contributed by atoms with E-state index in [0.717, 1.165) is 14.6 Å². The maximum absolute atomic E-state index is 11.7. The number of halogens is 2. The lowest BCUT2D eigenvalue weighted by Crippen LogP contribution is -2.37. The van der Waals surface area contributed by atoms with Gasteiger partial charge in [0.15, 0.2) is 0 Å². The van der Waals surface area contributed by atoms with E-state index < -0.39 is 19.8 Å². The summed E-state index contributed by atoms with van der Waals surface area (Å²) < 4.78 is 16.8. The molecule has 0 aromatic heterocycles. The predicted molar refractivity (Wildman–Crippen MR) is 79.8 cm³/mol. The molecular formula is C10H13Br2N2O4P. The van der Waals surface area contributed by atoms with Gasteiger partial charge in [0.2, 0.25) is 0 Å². The number of hydrogen-bond donors (Lipinski definition) is 2. The van der Waals surface area contributed by atoms with E-state index in [4.69, 9.17) is 10.4 Å². The lowest BCUT2D eigenvalue weighted by molar-refractivity contribution is -0.135. The molecule has 0 aliphatic heterocycles. The van der Waals surface area contributed by atoms with Crippen LogP contribution < -0.4 is 10.4 Å². The van der Waals surface area contributed by atoms with Crippen LogP contribution in [0.5, 0.6) is 0 Å². The molecule has 0 radical (unpaired) electrons. The zero-order chi connectivity index (χ0) is 14.8. The van der Waals surface area contributed by atoms with E-state index in [9.17, 15) is 9.36 Å². The number of rotatable bonds is 4. The number of nitrogens with zero attached hydrogens (tertiary/aromatic N) is 1. The van der Waals surface area contributed by atoms with Crippen LogP contribution in [0.3, 0.4) is 0 Å². The summed E-state index contributed by atoms with van der Waals surface area (Å²) in [5, 5.41) is 0. The van der Waals surface area contributed by atoms with Crippen LogP contribution in [0.1, 0.15) is 6.92 Å². The van der Waals surface area contributed by atoms with Crippen LogP contribution in [-0.4, -0.2) is 24.0 Å². The van der Waals surface area contributed by atoms with Crippen LogP contribution in [0, 0.1) is 0 Å². The van der Waals surface area contributed by atoms with E-state index in [1.165, 1.54) is 0 Å². The van der Waals surface area contributed by atoms with Crippen molar-refractivity contribution in [3.63, 3.8) is 0 Å². The highest BCUT2D eigenvalue weighted by molar-refractivity contribution is 9.11. The smallest absolute Gasteiger partial charge is 0.379 e. The van der Waals surface area contributed by atoms with E-state index >= 15 is 0 Å². The summed E-state index contributed by atoms with van der Waals surface area (Å²) in [6.45, 7) is 1.55. The van der Waals surface area contributed by atoms with Crippen LogP contribution in [0.25, 0.3) is 0 Å². The van der Waals surface area contributed by atoms with Crippen molar-refractivity contribution < 1.29 is 18.8 Å². The Morgan fingerprint density at radius 2 is 2.11 bits per heavy atom. The normalized spacial score (nSPS) is 15.5. The summed E-state index contributed by atoms with van der Waals surface area (Å²) in [6, 6.07) is 4.67. The molecule has 0 amide bonds. The van der Waals surface area contributed by atoms with E-state index in [0.29, 0.717) is 0 Å². The lowest BCUT2D eigenvalue weighted by Gasteiger charge is -2.26. The van der Waals surface area contributed by atoms with Crippen molar-refractivity contribution in [3.05, 3.63) is 27.1 Å². The van der Waals surface area contributed by atoms with Crippen LogP contribution in [-0.2, 0) is 13.9 Å². The highest BCUT2D eigenvalue weighted by Gasteiger charge is 2.27. The average Bonchev–Trinajstić information content (AvgIpc) is 2.24. The van der Waals surface area contributed by atoms with Gasteiger partial charge in [-0.25, -0.2) is 14.9 Å². The number of carbonyl (C=O) groups excluding carboxylic acids is 1. The predicted octanol–water partition coefficient (Wildman–Crippen LogP) is 2.64. The third-order valence-corrected chi connectivity index (χ3v) is 4.00. The van der Waals surface area contributed by atoms with Gasteiger partial charge in [0, 0.05) is 16.0 Å². The van der Waals surface area contributed by atoms with Gasteiger partial charge in [-0.05, 0) is 41.1 Å². The van der Waals surface area contributed by atoms with Gasteiger partial charge < -0.3 is 14.3 Å². The largest absolute Gasteiger partial charge is 0.455 e. The zero-order valence-electron chi connectivity index (χ0n) is 10.2. The summed E-state index contributed by atoms with van der Waals surface area (Å²) in [6.07, 6.45) is 0. The van der Waals surface area contributed by atoms with Gasteiger partial charge in [-0.3, -0.25) is 0 Å². The number of carbonyl (C=O) groups is 1. The van der Waals surface area contributed by atoms with Crippen molar-refractivity contribution in [3.8, 4) is 0 Å². The third-order valence-electron chi connectivity index (χ3n) is 2.43. The molecule has 1 aromatic carbocycles. The Kier molecular flexibility index (Phi) is 5.58. The quantitative estimate of drug-likeness (QED) is 0.734. The first-order chi connectivity index (χ1) is 8.61. The Morgan fingerprint density at radius 3 is 2.58 bits per heavy atom. The molecule has 0 heterocycles. The maximum atomic E-state index is 11.7. The standard InChI is InChI=1S/C10H13Br2N2O4P/c1-6(10(15)18-19(13,16)17)14(2)9-4-3-7(11)5-8(9)12/h3-6H,1-2H3,(H3,13,16,17)/t6-/m0/s1. The summed E-state index contributed by atoms with van der Waals surface area (Å²) in [5.74, 6) is -0.870. The zero-order valence-corrected chi connectivity index (χ0v) is 14.3. The molecule has 0 aliphatic rings. The number of likely N-dealkylation sites (N-methyl/N-ethyl adjacent to an activating group) is 1. The first-order valence-electron chi connectivity index (χ1n) is 5.14. The molecule has 0 spiro atoms. The third kappa shape index (κ3) is 4.89. The van der Waals surface area contributed by atoms with E-state index in [-0.39, 0.29) is 0 Å². The molecule has 0 bridgehead atoms. The topological polar surface area (TPSA) is 92.9 Å². The van der Waals surface area contributed by atoms with Crippen LogP contribution in [0.4, 0.5) is 5.69 Å². The molecule has 1 aromatic rings. The van der Waals surface area contributed by atoms with Gasteiger partial charge in [-0.15, -0.1) is 0 Å². The van der Waals surface area contributed by atoms with E-state index in [2.05, 4.69) is 36.4 Å². The monoisotopic (exact) mass is 414 g/mol. The van der Waals surface area contributed by atoms with Gasteiger partial charge in [-0.1, -0.05) is 15.9 Å². The van der Waals surface area contributed by atoms with Gasteiger partial charge in [0.1, 0.15) is 6.04 Å². The van der Waals surface area contributed by atoms with Gasteiger partial charge in [0.25, 0.3) is 0 Å². The van der Waals surface area contributed by atoms with E-state index in [1.54, 1.807) is 24.9 Å². The van der Waals surface area contributed by atoms with Crippen molar-refractivity contribution in [1.82, 2.24) is 0 Å². The van der Waals surface area contributed by atoms with Gasteiger partial charge >= 0.3 is 13.7 Å². The molecule has 3 N–H and O–H groups in total. The fourth-order valence-corrected chi connectivity index (χ4v) is 3.08. The van der Waals surface area contributed by atoms with Crippen LogP contribution in [0.15, 0.2) is 27.1 Å². The van der Waals surface area contributed by atoms with Gasteiger partial charge in [0.05, 0.1) is 5.69 Å². The molecule has 106 valence electrons. The van der Waals surface area contributed by atoms with Crippen LogP contribution >= 0.6 is 39.6 Å². The molecule has 0 saturated carbocycles. The minimum Gasteiger partial charge on any atom is -0.379 e. The molecule has 1 unspecified atom stereocenters. The van der Waals surface area contributed by atoms with Crippen LogP contribution in [0.2, 0.25) is 0 Å². The molecule has 9 heteroatoms. The minimum atomic E-state index is -4.32. The molecule has 0 aliphatic carbocycles. The molecule has 0 saturated heterocycles. The number of hydrogen-bond acceptors (Lipinski definition) is 4. The molecule has 1 rings (SSSR count). The highest BCUT2D eigenvalue weighted by atomic mass is 79.9. The summed E-state index contributed by atoms with van der Waals surface area (Å²) in [7, 11) is -2.66. The number of benzene rings is 1. The molecule has 19 heavy (non-hydrogen) atoms. The lowest BCUT2D eigenvalue weighted by atomic mass is 10.2. The first kappa shape index (κ1) is 16.7. The first-order valence-corrected chi connectivity index (χ1v) is 8.38. The Bertz CT molecular complexity index is 534. The fourth-order valence-electron chi connectivity index (χ4n) is 1.34. The summed E-state index contributed by atoms with van der Waals surface area (Å²) >= 11 is 6.70. The molecular weight excluding hydrogens is 403 g/mol. The molecule has 6 nitrogen and oxygen atoms in total. The highest BCUT2D eigenvalue weighted by Crippen LogP contribution is 2.34. The number of anilines is 1. The second-order valence-electron chi connectivity index (χ2n) is 3.86. The van der Waals surface area contributed by atoms with Gasteiger partial charge in [-0.2, -0.15) is 0 Å². The molecule has 2 atom stereocenters. The Morgan fingerprint density at radius 1 is 1.53 bits per heavy atom. The SMILES string of the molecule is C[C@@H](C(=O)OP(N)(=O)O)N(C)c1ccc(Br)cc1Br. The average molecular weight is 416 g/mol. The Labute approximate surface area is 127 Å². The summed E-state index contributed by atoms with van der Waals surface area (Å²) in [4.78, 5) is 22.1. The Hall–Kier alpha value is -0.400. The van der Waals surface area contributed by atoms with Crippen molar-refractivity contribution in [1.29, 1.82) is 0 Å². The van der Waals surface area contributed by atoms with E-state index in [1.807, 2.05) is 12.1 Å². The minimum absolute atomic E-state index is 0.734. The van der Waals surface area contributed by atoms with Crippen molar-refractivity contribution in [2.75, 3.05) is 11.9 Å². The fraction of sp³-hybridized carbons (Fsp3) is 0.300.